The van der Waals surface area contributed by atoms with Crippen LogP contribution in [0.1, 0.15) is 36.9 Å². The fourth-order valence-electron chi connectivity index (χ4n) is 4.34. The smallest absolute Gasteiger partial charge is 0.262 e. The molecule has 4 rings (SSSR count). The molecule has 2 aliphatic rings. The highest BCUT2D eigenvalue weighted by atomic mass is 35.5. The summed E-state index contributed by atoms with van der Waals surface area (Å²) in [6.07, 6.45) is -1.81. The molecule has 1 heterocycles. The molecule has 1 aliphatic carbocycles. The van der Waals surface area contributed by atoms with E-state index in [0.29, 0.717) is 39.2 Å². The molecule has 31 heavy (non-hydrogen) atoms. The Morgan fingerprint density at radius 2 is 1.65 bits per heavy atom. The van der Waals surface area contributed by atoms with E-state index in [0.717, 1.165) is 11.1 Å². The summed E-state index contributed by atoms with van der Waals surface area (Å²) in [6.45, 7) is 2.06. The van der Waals surface area contributed by atoms with Crippen LogP contribution in [0.2, 0.25) is 10.0 Å². The lowest BCUT2D eigenvalue weighted by Crippen LogP contribution is -2.40. The highest BCUT2D eigenvalue weighted by molar-refractivity contribution is 6.30. The lowest BCUT2D eigenvalue weighted by molar-refractivity contribution is -0.188. The summed E-state index contributed by atoms with van der Waals surface area (Å²) >= 11 is 11.9. The second-order valence-corrected chi connectivity index (χ2v) is 8.87. The summed E-state index contributed by atoms with van der Waals surface area (Å²) in [5.41, 5.74) is 2.82. The first-order chi connectivity index (χ1) is 14.6. The van der Waals surface area contributed by atoms with Crippen LogP contribution in [-0.4, -0.2) is 22.8 Å². The van der Waals surface area contributed by atoms with Crippen LogP contribution >= 0.6 is 23.2 Å². The number of hydrazone groups is 1. The molecular weight excluding hydrogens is 448 g/mol. The summed E-state index contributed by atoms with van der Waals surface area (Å²) < 4.78 is 40.1. The van der Waals surface area contributed by atoms with Gasteiger partial charge < -0.3 is 0 Å². The van der Waals surface area contributed by atoms with E-state index in [9.17, 15) is 18.0 Å². The normalized spacial score (nSPS) is 24.8. The van der Waals surface area contributed by atoms with Gasteiger partial charge in [-0.25, -0.2) is 5.01 Å². The quantitative estimate of drug-likeness (QED) is 0.472. The number of benzene rings is 2. The van der Waals surface area contributed by atoms with Crippen LogP contribution in [0, 0.1) is 11.8 Å². The van der Waals surface area contributed by atoms with E-state index in [-0.39, 0.29) is 11.8 Å². The Labute approximate surface area is 188 Å². The molecule has 8 heteroatoms. The zero-order valence-electron chi connectivity index (χ0n) is 16.5. The molecule has 3 atom stereocenters. The SMILES string of the molecule is CC1C/C(=C/c2ccc(Cl)cc2)C2=NN(C(=O)C(F)(F)F)C(c3ccc(Cl)cc3)C2C1. The largest absolute Gasteiger partial charge is 0.473 e. The molecule has 0 saturated heterocycles. The van der Waals surface area contributed by atoms with Crippen LogP contribution in [0.25, 0.3) is 6.08 Å². The summed E-state index contributed by atoms with van der Waals surface area (Å²) in [5, 5.41) is 5.91. The van der Waals surface area contributed by atoms with Crippen LogP contribution in [0.15, 0.2) is 59.2 Å². The number of alkyl halides is 3. The van der Waals surface area contributed by atoms with Crippen molar-refractivity contribution >= 4 is 40.9 Å². The van der Waals surface area contributed by atoms with Crippen molar-refractivity contribution in [2.24, 2.45) is 16.9 Å². The Bertz CT molecular complexity index is 1050. The first kappa shape index (κ1) is 21.9. The van der Waals surface area contributed by atoms with Gasteiger partial charge in [0.2, 0.25) is 0 Å². The molecule has 0 aromatic heterocycles. The number of amides is 1. The molecule has 2 aromatic rings. The maximum absolute atomic E-state index is 13.4. The second kappa shape index (κ2) is 8.32. The van der Waals surface area contributed by atoms with Crippen molar-refractivity contribution in [3.63, 3.8) is 0 Å². The first-order valence-electron chi connectivity index (χ1n) is 9.84. The Morgan fingerprint density at radius 1 is 1.06 bits per heavy atom. The van der Waals surface area contributed by atoms with Gasteiger partial charge in [-0.05, 0) is 65.8 Å². The molecule has 3 unspecified atom stereocenters. The van der Waals surface area contributed by atoms with Gasteiger partial charge in [0.25, 0.3) is 0 Å². The maximum Gasteiger partial charge on any atom is 0.473 e. The van der Waals surface area contributed by atoms with E-state index in [2.05, 4.69) is 12.0 Å². The minimum absolute atomic E-state index is 0.221. The molecule has 1 fully saturated rings. The molecule has 0 N–H and O–H groups in total. The number of nitrogens with zero attached hydrogens (tertiary/aromatic N) is 2. The molecule has 162 valence electrons. The van der Waals surface area contributed by atoms with Crippen molar-refractivity contribution in [2.45, 2.75) is 32.0 Å². The maximum atomic E-state index is 13.4. The van der Waals surface area contributed by atoms with Crippen LogP contribution in [0.4, 0.5) is 13.2 Å². The monoisotopic (exact) mass is 466 g/mol. The van der Waals surface area contributed by atoms with Crippen molar-refractivity contribution in [3.8, 4) is 0 Å². The van der Waals surface area contributed by atoms with Crippen LogP contribution in [0.3, 0.4) is 0 Å². The number of allylic oxidation sites excluding steroid dienone is 1. The van der Waals surface area contributed by atoms with E-state index in [1.807, 2.05) is 18.2 Å². The molecular formula is C23H19Cl2F3N2O. The van der Waals surface area contributed by atoms with Gasteiger partial charge >= 0.3 is 12.1 Å². The number of carbonyl (C=O) groups is 1. The van der Waals surface area contributed by atoms with Gasteiger partial charge in [-0.15, -0.1) is 0 Å². The van der Waals surface area contributed by atoms with Gasteiger partial charge in [0, 0.05) is 16.0 Å². The van der Waals surface area contributed by atoms with Gasteiger partial charge in [-0.1, -0.05) is 54.4 Å². The Hall–Kier alpha value is -2.31. The zero-order chi connectivity index (χ0) is 22.3. The molecule has 1 saturated carbocycles. The van der Waals surface area contributed by atoms with Gasteiger partial charge in [0.15, 0.2) is 0 Å². The number of rotatable bonds is 2. The van der Waals surface area contributed by atoms with E-state index in [1.54, 1.807) is 36.4 Å². The van der Waals surface area contributed by atoms with Gasteiger partial charge in [-0.3, -0.25) is 4.79 Å². The fourth-order valence-corrected chi connectivity index (χ4v) is 4.59. The molecule has 0 radical (unpaired) electrons. The molecule has 3 nitrogen and oxygen atoms in total. The standard InChI is InChI=1S/C23H19Cl2F3N2O/c1-13-10-16(12-14-2-6-17(24)7-3-14)20-19(11-13)21(15-4-8-18(25)9-5-15)30(29-20)22(31)23(26,27)28/h2-9,12-13,19,21H,10-11H2,1H3/b16-12-. The number of carbonyl (C=O) groups excluding carboxylic acids is 1. The third-order valence-electron chi connectivity index (χ3n) is 5.64. The molecule has 2 aromatic carbocycles. The lowest BCUT2D eigenvalue weighted by atomic mass is 9.73. The first-order valence-corrected chi connectivity index (χ1v) is 10.6. The van der Waals surface area contributed by atoms with E-state index >= 15 is 0 Å². The third-order valence-corrected chi connectivity index (χ3v) is 6.14. The minimum atomic E-state index is -5.02. The number of halogens is 5. The van der Waals surface area contributed by atoms with Gasteiger partial charge in [0.05, 0.1) is 11.8 Å². The fraction of sp³-hybridized carbons (Fsp3) is 0.304. The lowest BCUT2D eigenvalue weighted by Gasteiger charge is -2.32. The topological polar surface area (TPSA) is 32.7 Å². The zero-order valence-corrected chi connectivity index (χ0v) is 18.0. The third kappa shape index (κ3) is 4.51. The van der Waals surface area contributed by atoms with E-state index in [4.69, 9.17) is 23.2 Å². The van der Waals surface area contributed by atoms with Gasteiger partial charge in [-0.2, -0.15) is 18.3 Å². The van der Waals surface area contributed by atoms with Gasteiger partial charge in [0.1, 0.15) is 0 Å². The predicted octanol–water partition coefficient (Wildman–Crippen LogP) is 6.92. The molecule has 1 aliphatic heterocycles. The predicted molar refractivity (Wildman–Crippen MR) is 116 cm³/mol. The van der Waals surface area contributed by atoms with Crippen molar-refractivity contribution in [3.05, 3.63) is 75.3 Å². The van der Waals surface area contributed by atoms with E-state index in [1.165, 1.54) is 0 Å². The van der Waals surface area contributed by atoms with Crippen LogP contribution < -0.4 is 0 Å². The number of hydrogen-bond donors (Lipinski definition) is 0. The Kier molecular flexibility index (Phi) is 5.88. The second-order valence-electron chi connectivity index (χ2n) is 8.00. The minimum Gasteiger partial charge on any atom is -0.262 e. The van der Waals surface area contributed by atoms with Crippen molar-refractivity contribution in [1.29, 1.82) is 0 Å². The number of fused-ring (bicyclic) bond motifs is 1. The van der Waals surface area contributed by atoms with Crippen LogP contribution in [-0.2, 0) is 4.79 Å². The summed E-state index contributed by atoms with van der Waals surface area (Å²) in [7, 11) is 0. The highest BCUT2D eigenvalue weighted by Crippen LogP contribution is 2.47. The molecule has 0 bridgehead atoms. The Morgan fingerprint density at radius 3 is 2.23 bits per heavy atom. The van der Waals surface area contributed by atoms with Crippen molar-refractivity contribution < 1.29 is 18.0 Å². The highest BCUT2D eigenvalue weighted by Gasteiger charge is 2.52. The van der Waals surface area contributed by atoms with E-state index < -0.39 is 18.1 Å². The summed E-state index contributed by atoms with van der Waals surface area (Å²) in [5.74, 6) is -2.08. The average Bonchev–Trinajstić information content (AvgIpc) is 3.08. The van der Waals surface area contributed by atoms with Crippen LogP contribution in [0.5, 0.6) is 0 Å². The summed E-state index contributed by atoms with van der Waals surface area (Å²) in [4.78, 5) is 12.3. The van der Waals surface area contributed by atoms with Crippen molar-refractivity contribution in [1.82, 2.24) is 5.01 Å². The Balaban J connectivity index is 1.80. The molecule has 0 spiro atoms. The summed E-state index contributed by atoms with van der Waals surface area (Å²) in [6, 6.07) is 12.9. The average molecular weight is 467 g/mol. The number of hydrogen-bond acceptors (Lipinski definition) is 2. The van der Waals surface area contributed by atoms with Crippen molar-refractivity contribution in [2.75, 3.05) is 0 Å². The molecule has 1 amide bonds.